The highest BCUT2D eigenvalue weighted by atomic mass is 16.5. The van der Waals surface area contributed by atoms with Crippen LogP contribution in [0, 0.1) is 11.8 Å². The third kappa shape index (κ3) is 18.4. The molecule has 1 aromatic rings. The first-order valence-corrected chi connectivity index (χ1v) is 25.5. The Balaban J connectivity index is 2.17. The molecule has 7 atom stereocenters. The fourth-order valence-corrected chi connectivity index (χ4v) is 8.78. The molecule has 2 aliphatic heterocycles. The zero-order valence-corrected chi connectivity index (χ0v) is 45.2. The summed E-state index contributed by atoms with van der Waals surface area (Å²) in [5.41, 5.74) is -0.0656. The largest absolute Gasteiger partial charge is 0.391 e. The smallest absolute Gasteiger partial charge is 0.248 e. The number of carbonyl (C=O) groups excluding carboxylic acids is 9. The van der Waals surface area contributed by atoms with Gasteiger partial charge in [-0.15, -0.1) is 0 Å². The van der Waals surface area contributed by atoms with Crippen molar-refractivity contribution in [2.75, 3.05) is 68.0 Å². The molecule has 3 rings (SSSR count). The third-order valence-corrected chi connectivity index (χ3v) is 13.1. The van der Waals surface area contributed by atoms with Crippen LogP contribution < -0.4 is 16.0 Å². The SMILES string of the molecule is CC(C)C[C@H]1C(=O)N(C)[C@@H](CC(C)C)C(=O)N[C@H](C(=O)N2CCCCC2)CC(=O)N(C)CCCC(=O)N(C)[C@@H](Cc2ccccc2)C(=O)N[C@@H]([C@@H](C)O)C(=O)N(C)CC(=O)N[C@@H](COC(C)(C)C)C(=O)N1C. The van der Waals surface area contributed by atoms with Crippen molar-refractivity contribution in [3.63, 3.8) is 0 Å². The standard InChI is InChI=1S/C52H85N9O11/c1-33(2)27-39-46(66)54-37(49(69)61-25-18-15-19-26-61)30-44(65)56(9)24-20-23-43(64)58(11)40(29-36-21-16-14-17-22-36)47(67)55-45(35(5)62)51(71)57(10)31-42(63)53-38(32-72-52(6,7)8)48(68)60(13)41(28-34(3)4)50(70)59(39)12/h14,16-17,21-22,33-35,37-41,45,62H,15,18-20,23-32H2,1-13H3,(H,53,63)(H,54,66)(H,55,67)/t35-,37+,38+,39+,40+,41+,45+/m1/s1. The lowest BCUT2D eigenvalue weighted by atomic mass is 9.97. The molecule has 0 aromatic heterocycles. The van der Waals surface area contributed by atoms with Gasteiger partial charge < -0.3 is 55.2 Å². The van der Waals surface area contributed by atoms with Gasteiger partial charge in [-0.1, -0.05) is 58.0 Å². The number of likely N-dealkylation sites (tertiary alicyclic amines) is 1. The number of carbonyl (C=O) groups is 9. The summed E-state index contributed by atoms with van der Waals surface area (Å²) in [6.07, 6.45) is 1.07. The molecule has 72 heavy (non-hydrogen) atoms. The number of likely N-dealkylation sites (N-methyl/N-ethyl adjacent to an activating group) is 4. The summed E-state index contributed by atoms with van der Waals surface area (Å²) in [6, 6.07) is 1.29. The number of piperidine rings is 1. The molecule has 0 aliphatic carbocycles. The predicted molar refractivity (Wildman–Crippen MR) is 271 cm³/mol. The molecular weight excluding hydrogens is 927 g/mol. The molecular formula is C52H85N9O11. The Morgan fingerprint density at radius 3 is 1.81 bits per heavy atom. The molecule has 0 saturated carbocycles. The molecule has 0 unspecified atom stereocenters. The first-order valence-electron chi connectivity index (χ1n) is 25.5. The number of nitrogens with one attached hydrogen (secondary N) is 3. The van der Waals surface area contributed by atoms with Crippen molar-refractivity contribution < 1.29 is 53.0 Å². The van der Waals surface area contributed by atoms with Crippen LogP contribution in [-0.4, -0.2) is 204 Å². The highest BCUT2D eigenvalue weighted by molar-refractivity contribution is 5.98. The molecule has 0 spiro atoms. The summed E-state index contributed by atoms with van der Waals surface area (Å²) in [5, 5.41) is 19.0. The maximum Gasteiger partial charge on any atom is 0.248 e. The number of amides is 9. The van der Waals surface area contributed by atoms with Crippen LogP contribution >= 0.6 is 0 Å². The number of hydrogen-bond acceptors (Lipinski definition) is 11. The van der Waals surface area contributed by atoms with Gasteiger partial charge in [0.05, 0.1) is 31.3 Å². The Hall–Kier alpha value is -5.63. The van der Waals surface area contributed by atoms with Gasteiger partial charge in [-0.25, -0.2) is 0 Å². The van der Waals surface area contributed by atoms with Crippen molar-refractivity contribution in [1.29, 1.82) is 0 Å². The Labute approximate surface area is 427 Å². The monoisotopic (exact) mass is 1010 g/mol. The number of nitrogens with zero attached hydrogens (tertiary/aromatic N) is 6. The topological polar surface area (TPSA) is 239 Å². The van der Waals surface area contributed by atoms with E-state index in [0.717, 1.165) is 24.2 Å². The van der Waals surface area contributed by atoms with Crippen LogP contribution in [0.2, 0.25) is 0 Å². The van der Waals surface area contributed by atoms with Crippen LogP contribution in [0.3, 0.4) is 0 Å². The van der Waals surface area contributed by atoms with Crippen LogP contribution in [0.4, 0.5) is 0 Å². The minimum Gasteiger partial charge on any atom is -0.391 e. The van der Waals surface area contributed by atoms with E-state index in [-0.39, 0.29) is 57.1 Å². The van der Waals surface area contributed by atoms with Gasteiger partial charge in [0.2, 0.25) is 53.2 Å². The second kappa shape index (κ2) is 28.0. The van der Waals surface area contributed by atoms with E-state index in [9.17, 15) is 48.3 Å². The van der Waals surface area contributed by atoms with E-state index < -0.39 is 114 Å². The average molecular weight is 1010 g/mol. The van der Waals surface area contributed by atoms with Gasteiger partial charge in [-0.2, -0.15) is 0 Å². The van der Waals surface area contributed by atoms with Gasteiger partial charge in [-0.05, 0) is 83.6 Å². The van der Waals surface area contributed by atoms with E-state index in [0.29, 0.717) is 18.7 Å². The zero-order chi connectivity index (χ0) is 54.2. The van der Waals surface area contributed by atoms with Crippen LogP contribution in [0.25, 0.3) is 0 Å². The van der Waals surface area contributed by atoms with E-state index in [4.69, 9.17) is 4.74 Å². The molecule has 2 saturated heterocycles. The average Bonchev–Trinajstić information content (AvgIpc) is 3.32. The maximum absolute atomic E-state index is 14.8. The molecule has 404 valence electrons. The predicted octanol–water partition coefficient (Wildman–Crippen LogP) is 1.57. The van der Waals surface area contributed by atoms with Gasteiger partial charge in [-0.3, -0.25) is 43.2 Å². The van der Waals surface area contributed by atoms with Gasteiger partial charge in [0.25, 0.3) is 0 Å². The number of ether oxygens (including phenoxy) is 1. The van der Waals surface area contributed by atoms with Crippen LogP contribution in [-0.2, 0) is 54.3 Å². The molecule has 4 N–H and O–H groups in total. The Morgan fingerprint density at radius 2 is 1.24 bits per heavy atom. The molecule has 0 radical (unpaired) electrons. The normalized spacial score (nSPS) is 24.9. The van der Waals surface area contributed by atoms with Crippen molar-refractivity contribution in [1.82, 2.24) is 45.3 Å². The second-order valence-electron chi connectivity index (χ2n) is 21.4. The Morgan fingerprint density at radius 1 is 0.667 bits per heavy atom. The van der Waals surface area contributed by atoms with E-state index in [1.54, 1.807) is 56.0 Å². The lowest BCUT2D eigenvalue weighted by molar-refractivity contribution is -0.151. The van der Waals surface area contributed by atoms with Gasteiger partial charge in [0.1, 0.15) is 36.3 Å². The quantitative estimate of drug-likeness (QED) is 0.263. The van der Waals surface area contributed by atoms with Gasteiger partial charge in [0, 0.05) is 67.7 Å². The highest BCUT2D eigenvalue weighted by Crippen LogP contribution is 2.21. The van der Waals surface area contributed by atoms with Crippen LogP contribution in [0.1, 0.15) is 112 Å². The number of benzene rings is 1. The Bertz CT molecular complexity index is 2020. The van der Waals surface area contributed by atoms with Crippen molar-refractivity contribution in [2.24, 2.45) is 11.8 Å². The zero-order valence-electron chi connectivity index (χ0n) is 45.2. The summed E-state index contributed by atoms with van der Waals surface area (Å²) in [6.45, 7) is 14.2. The van der Waals surface area contributed by atoms with Gasteiger partial charge in [0.15, 0.2) is 0 Å². The molecule has 2 heterocycles. The third-order valence-electron chi connectivity index (χ3n) is 13.1. The summed E-state index contributed by atoms with van der Waals surface area (Å²) in [7, 11) is 7.20. The fraction of sp³-hybridized carbons (Fsp3) is 0.712. The lowest BCUT2D eigenvalue weighted by Gasteiger charge is -2.38. The Kier molecular flexibility index (Phi) is 23.6. The molecule has 0 bridgehead atoms. The minimum absolute atomic E-state index is 0.0440. The van der Waals surface area contributed by atoms with Crippen molar-refractivity contribution in [3.05, 3.63) is 35.9 Å². The number of hydrogen-bond donors (Lipinski definition) is 4. The molecule has 2 fully saturated rings. The summed E-state index contributed by atoms with van der Waals surface area (Å²) >= 11 is 0. The van der Waals surface area contributed by atoms with Crippen molar-refractivity contribution in [3.8, 4) is 0 Å². The van der Waals surface area contributed by atoms with E-state index in [1.807, 2.05) is 27.7 Å². The second-order valence-corrected chi connectivity index (χ2v) is 21.4. The summed E-state index contributed by atoms with van der Waals surface area (Å²) < 4.78 is 6.01. The minimum atomic E-state index is -1.56. The molecule has 20 nitrogen and oxygen atoms in total. The number of rotatable bonds is 10. The van der Waals surface area contributed by atoms with Crippen molar-refractivity contribution in [2.45, 2.75) is 161 Å². The first-order chi connectivity index (χ1) is 33.6. The lowest BCUT2D eigenvalue weighted by Crippen LogP contribution is -2.61. The number of aliphatic hydroxyl groups is 1. The summed E-state index contributed by atoms with van der Waals surface area (Å²) in [4.78, 5) is 136. The van der Waals surface area contributed by atoms with E-state index in [2.05, 4.69) is 16.0 Å². The summed E-state index contributed by atoms with van der Waals surface area (Å²) in [5.74, 6) is -5.87. The molecule has 20 heteroatoms. The van der Waals surface area contributed by atoms with Crippen LogP contribution in [0.15, 0.2) is 30.3 Å². The highest BCUT2D eigenvalue weighted by Gasteiger charge is 2.41. The van der Waals surface area contributed by atoms with Crippen molar-refractivity contribution >= 4 is 53.2 Å². The molecule has 9 amide bonds. The molecule has 2 aliphatic rings. The first kappa shape index (κ1) is 60.7. The van der Waals surface area contributed by atoms with Crippen LogP contribution in [0.5, 0.6) is 0 Å². The number of aliphatic hydroxyl groups excluding tert-OH is 1. The maximum atomic E-state index is 14.8. The van der Waals surface area contributed by atoms with E-state index in [1.165, 1.54) is 61.8 Å². The van der Waals surface area contributed by atoms with E-state index >= 15 is 0 Å². The molecule has 1 aromatic carbocycles. The van der Waals surface area contributed by atoms with Gasteiger partial charge >= 0.3 is 0 Å². The fourth-order valence-electron chi connectivity index (χ4n) is 8.78.